The quantitative estimate of drug-likeness (QED) is 0.807. The minimum absolute atomic E-state index is 0.0740. The molecule has 0 bridgehead atoms. The van der Waals surface area contributed by atoms with Crippen molar-refractivity contribution >= 4 is 11.7 Å². The van der Waals surface area contributed by atoms with Gasteiger partial charge in [0.1, 0.15) is 11.4 Å². The molecule has 0 fully saturated rings. The van der Waals surface area contributed by atoms with Crippen molar-refractivity contribution in [1.29, 1.82) is 0 Å². The van der Waals surface area contributed by atoms with E-state index in [0.29, 0.717) is 11.6 Å². The Hall–Kier alpha value is -1.62. The van der Waals surface area contributed by atoms with Crippen LogP contribution in [0.25, 0.3) is 0 Å². The lowest BCUT2D eigenvalue weighted by molar-refractivity contribution is 0.0693. The number of anilines is 1. The first-order chi connectivity index (χ1) is 9.31. The number of benzene rings is 1. The monoisotopic (exact) mass is 282 g/mol. The van der Waals surface area contributed by atoms with Gasteiger partial charge in [-0.3, -0.25) is 0 Å². The third-order valence-electron chi connectivity index (χ3n) is 2.93. The molecule has 1 rings (SSSR count). The van der Waals surface area contributed by atoms with E-state index in [1.54, 1.807) is 6.07 Å². The molecule has 5 heteroatoms. The second kappa shape index (κ2) is 7.24. The van der Waals surface area contributed by atoms with Gasteiger partial charge >= 0.3 is 5.97 Å². The van der Waals surface area contributed by atoms with E-state index in [9.17, 15) is 9.18 Å². The Morgan fingerprint density at radius 1 is 1.40 bits per heavy atom. The van der Waals surface area contributed by atoms with Gasteiger partial charge in [-0.1, -0.05) is 19.9 Å². The molecule has 0 saturated heterocycles. The normalized spacial score (nSPS) is 12.8. The van der Waals surface area contributed by atoms with E-state index in [1.807, 2.05) is 19.0 Å². The standard InChI is InChI=1S/C15H23FN2O2/c1-10(2)8-11(9-18(3)4)17-13-7-5-6-12(16)14(13)15(19)20/h5-7,10-11,17H,8-9H2,1-4H3,(H,19,20). The molecule has 0 radical (unpaired) electrons. The van der Waals surface area contributed by atoms with Gasteiger partial charge in [-0.25, -0.2) is 9.18 Å². The average Bonchev–Trinajstić information content (AvgIpc) is 2.26. The fraction of sp³-hybridized carbons (Fsp3) is 0.533. The van der Waals surface area contributed by atoms with Crippen molar-refractivity contribution in [3.63, 3.8) is 0 Å². The molecule has 0 aliphatic rings. The number of carbonyl (C=O) groups is 1. The van der Waals surface area contributed by atoms with E-state index in [-0.39, 0.29) is 11.6 Å². The molecule has 0 spiro atoms. The Balaban J connectivity index is 2.98. The molecular formula is C15H23FN2O2. The first-order valence-corrected chi connectivity index (χ1v) is 6.74. The van der Waals surface area contributed by atoms with Crippen LogP contribution in [0.4, 0.5) is 10.1 Å². The van der Waals surface area contributed by atoms with Crippen LogP contribution in [-0.4, -0.2) is 42.7 Å². The number of carboxylic acids is 1. The van der Waals surface area contributed by atoms with E-state index >= 15 is 0 Å². The van der Waals surface area contributed by atoms with Gasteiger partial charge in [-0.2, -0.15) is 0 Å². The second-order valence-electron chi connectivity index (χ2n) is 5.70. The van der Waals surface area contributed by atoms with Crippen LogP contribution in [-0.2, 0) is 0 Å². The van der Waals surface area contributed by atoms with Gasteiger partial charge in [0.2, 0.25) is 0 Å². The molecule has 4 nitrogen and oxygen atoms in total. The predicted octanol–water partition coefficient (Wildman–Crippen LogP) is 2.91. The molecule has 20 heavy (non-hydrogen) atoms. The first kappa shape index (κ1) is 16.4. The summed E-state index contributed by atoms with van der Waals surface area (Å²) >= 11 is 0. The Kier molecular flexibility index (Phi) is 5.95. The zero-order chi connectivity index (χ0) is 15.3. The molecule has 1 atom stereocenters. The molecule has 1 aromatic rings. The van der Waals surface area contributed by atoms with Crippen LogP contribution < -0.4 is 5.32 Å². The van der Waals surface area contributed by atoms with Crippen LogP contribution in [0.15, 0.2) is 18.2 Å². The van der Waals surface area contributed by atoms with Gasteiger partial charge in [0.05, 0.1) is 5.69 Å². The Morgan fingerprint density at radius 2 is 2.05 bits per heavy atom. The van der Waals surface area contributed by atoms with Gasteiger partial charge in [0.15, 0.2) is 0 Å². The Bertz CT molecular complexity index is 451. The Labute approximate surface area is 119 Å². The van der Waals surface area contributed by atoms with Gasteiger partial charge in [0, 0.05) is 12.6 Å². The van der Waals surface area contributed by atoms with Crippen LogP contribution in [0.2, 0.25) is 0 Å². The summed E-state index contributed by atoms with van der Waals surface area (Å²) in [5.41, 5.74) is 0.0463. The molecule has 1 aromatic carbocycles. The molecule has 1 unspecified atom stereocenters. The smallest absolute Gasteiger partial charge is 0.340 e. The zero-order valence-corrected chi connectivity index (χ0v) is 12.5. The summed E-state index contributed by atoms with van der Waals surface area (Å²) in [5.74, 6) is -1.50. The van der Waals surface area contributed by atoms with Crippen molar-refractivity contribution in [2.75, 3.05) is 26.0 Å². The minimum Gasteiger partial charge on any atom is -0.478 e. The maximum absolute atomic E-state index is 13.6. The molecule has 0 amide bonds. The highest BCUT2D eigenvalue weighted by Gasteiger charge is 2.19. The summed E-state index contributed by atoms with van der Waals surface area (Å²) in [6.45, 7) is 4.97. The highest BCUT2D eigenvalue weighted by molar-refractivity contribution is 5.94. The summed E-state index contributed by atoms with van der Waals surface area (Å²) < 4.78 is 13.6. The number of rotatable bonds is 7. The third-order valence-corrected chi connectivity index (χ3v) is 2.93. The molecule has 112 valence electrons. The third kappa shape index (κ3) is 4.81. The maximum Gasteiger partial charge on any atom is 0.340 e. The fourth-order valence-corrected chi connectivity index (χ4v) is 2.27. The summed E-state index contributed by atoms with van der Waals surface area (Å²) in [6, 6.07) is 4.37. The molecule has 0 aromatic heterocycles. The highest BCUT2D eigenvalue weighted by Crippen LogP contribution is 2.21. The van der Waals surface area contributed by atoms with Crippen molar-refractivity contribution in [3.05, 3.63) is 29.6 Å². The molecule has 2 N–H and O–H groups in total. The van der Waals surface area contributed by atoms with Gasteiger partial charge in [-0.15, -0.1) is 0 Å². The predicted molar refractivity (Wildman–Crippen MR) is 78.8 cm³/mol. The van der Waals surface area contributed by atoms with Crippen LogP contribution in [0.5, 0.6) is 0 Å². The fourth-order valence-electron chi connectivity index (χ4n) is 2.27. The number of aromatic carboxylic acids is 1. The van der Waals surface area contributed by atoms with Gasteiger partial charge in [0.25, 0.3) is 0 Å². The molecule has 0 aliphatic carbocycles. The number of hydrogen-bond acceptors (Lipinski definition) is 3. The molecule has 0 saturated carbocycles. The molecule has 0 heterocycles. The van der Waals surface area contributed by atoms with Crippen molar-refractivity contribution in [3.8, 4) is 0 Å². The lowest BCUT2D eigenvalue weighted by Gasteiger charge is -2.25. The zero-order valence-electron chi connectivity index (χ0n) is 12.5. The maximum atomic E-state index is 13.6. The summed E-state index contributed by atoms with van der Waals surface area (Å²) in [5, 5.41) is 12.3. The van der Waals surface area contributed by atoms with Crippen LogP contribution in [0.3, 0.4) is 0 Å². The lowest BCUT2D eigenvalue weighted by atomic mass is 10.0. The number of carboxylic acid groups (broad SMARTS) is 1. The number of nitrogens with zero attached hydrogens (tertiary/aromatic N) is 1. The average molecular weight is 282 g/mol. The van der Waals surface area contributed by atoms with Crippen LogP contribution >= 0.6 is 0 Å². The topological polar surface area (TPSA) is 52.6 Å². The summed E-state index contributed by atoms with van der Waals surface area (Å²) in [7, 11) is 3.91. The molecule has 0 aliphatic heterocycles. The van der Waals surface area contributed by atoms with Crippen molar-refractivity contribution < 1.29 is 14.3 Å². The van der Waals surface area contributed by atoms with Crippen molar-refractivity contribution in [2.24, 2.45) is 5.92 Å². The van der Waals surface area contributed by atoms with E-state index in [2.05, 4.69) is 19.2 Å². The largest absolute Gasteiger partial charge is 0.478 e. The highest BCUT2D eigenvalue weighted by atomic mass is 19.1. The lowest BCUT2D eigenvalue weighted by Crippen LogP contribution is -2.34. The minimum atomic E-state index is -1.25. The second-order valence-corrected chi connectivity index (χ2v) is 5.70. The SMILES string of the molecule is CC(C)CC(CN(C)C)Nc1cccc(F)c1C(=O)O. The van der Waals surface area contributed by atoms with Crippen molar-refractivity contribution in [2.45, 2.75) is 26.3 Å². The summed E-state index contributed by atoms with van der Waals surface area (Å²) in [4.78, 5) is 13.2. The van der Waals surface area contributed by atoms with Gasteiger partial charge in [-0.05, 0) is 38.6 Å². The van der Waals surface area contributed by atoms with E-state index in [0.717, 1.165) is 19.0 Å². The van der Waals surface area contributed by atoms with Crippen molar-refractivity contribution in [1.82, 2.24) is 4.90 Å². The van der Waals surface area contributed by atoms with E-state index in [4.69, 9.17) is 5.11 Å². The van der Waals surface area contributed by atoms with Crippen LogP contribution in [0, 0.1) is 11.7 Å². The van der Waals surface area contributed by atoms with E-state index in [1.165, 1.54) is 6.07 Å². The van der Waals surface area contributed by atoms with E-state index < -0.39 is 11.8 Å². The number of hydrogen-bond donors (Lipinski definition) is 2. The van der Waals surface area contributed by atoms with Gasteiger partial charge < -0.3 is 15.3 Å². The number of halogens is 1. The Morgan fingerprint density at radius 3 is 2.55 bits per heavy atom. The first-order valence-electron chi connectivity index (χ1n) is 6.74. The molecular weight excluding hydrogens is 259 g/mol. The summed E-state index contributed by atoms with van der Waals surface area (Å²) in [6.07, 6.45) is 0.883. The number of nitrogens with one attached hydrogen (secondary N) is 1. The number of likely N-dealkylation sites (N-methyl/N-ethyl adjacent to an activating group) is 1. The van der Waals surface area contributed by atoms with Crippen LogP contribution in [0.1, 0.15) is 30.6 Å².